The van der Waals surface area contributed by atoms with Crippen molar-refractivity contribution in [3.8, 4) is 29.1 Å². The molecular formula is C32H41NO6. The molecule has 0 aromatic heterocycles. The minimum absolute atomic E-state index is 0.159. The third-order valence-corrected chi connectivity index (χ3v) is 8.39. The van der Waals surface area contributed by atoms with Crippen LogP contribution < -0.4 is 18.9 Å². The molecule has 3 unspecified atom stereocenters. The fourth-order valence-corrected chi connectivity index (χ4v) is 6.14. The smallest absolute Gasteiger partial charge is 0.306 e. The maximum Gasteiger partial charge on any atom is 0.306 e. The summed E-state index contributed by atoms with van der Waals surface area (Å²) in [5.41, 5.74) is 1.04. The van der Waals surface area contributed by atoms with Crippen molar-refractivity contribution in [3.05, 3.63) is 47.5 Å². The number of carbonyl (C=O) groups is 1. The van der Waals surface area contributed by atoms with E-state index in [0.29, 0.717) is 55.3 Å². The van der Waals surface area contributed by atoms with Crippen LogP contribution >= 0.6 is 0 Å². The zero-order chi connectivity index (χ0) is 27.8. The zero-order valence-electron chi connectivity index (χ0n) is 23.4. The quantitative estimate of drug-likeness (QED) is 0.302. The maximum absolute atomic E-state index is 12.3. The molecule has 0 saturated heterocycles. The van der Waals surface area contributed by atoms with Gasteiger partial charge < -0.3 is 24.1 Å². The number of aliphatic carboxylic acids is 1. The first kappa shape index (κ1) is 28.6. The summed E-state index contributed by atoms with van der Waals surface area (Å²) in [5.74, 6) is 1.10. The summed E-state index contributed by atoms with van der Waals surface area (Å²) in [4.78, 5) is 12.3. The molecule has 210 valence electrons. The van der Waals surface area contributed by atoms with Crippen molar-refractivity contribution in [2.45, 2.75) is 82.7 Å². The Balaban J connectivity index is 1.60. The number of rotatable bonds is 12. The molecule has 1 N–H and O–H groups in total. The Morgan fingerprint density at radius 2 is 1.77 bits per heavy atom. The molecule has 0 amide bonds. The number of benzene rings is 2. The lowest BCUT2D eigenvalue weighted by Crippen LogP contribution is -2.40. The highest BCUT2D eigenvalue weighted by atomic mass is 16.5. The molecule has 2 aromatic rings. The van der Waals surface area contributed by atoms with Crippen LogP contribution in [0.1, 0.15) is 75.8 Å². The van der Waals surface area contributed by atoms with Crippen LogP contribution in [0, 0.1) is 23.2 Å². The Hall–Kier alpha value is -3.40. The van der Waals surface area contributed by atoms with Crippen LogP contribution in [0.25, 0.3) is 0 Å². The molecule has 7 heteroatoms. The van der Waals surface area contributed by atoms with Gasteiger partial charge in [0, 0.05) is 0 Å². The Morgan fingerprint density at radius 3 is 2.44 bits per heavy atom. The number of nitriles is 1. The van der Waals surface area contributed by atoms with Crippen LogP contribution in [-0.2, 0) is 16.6 Å². The molecule has 2 saturated carbocycles. The molecule has 2 aliphatic carbocycles. The van der Waals surface area contributed by atoms with Gasteiger partial charge in [0.15, 0.2) is 23.0 Å². The molecule has 2 aliphatic rings. The molecule has 0 spiro atoms. The average Bonchev–Trinajstić information content (AvgIpc) is 3.46. The molecule has 4 rings (SSSR count). The van der Waals surface area contributed by atoms with Crippen LogP contribution in [0.15, 0.2) is 36.4 Å². The summed E-state index contributed by atoms with van der Waals surface area (Å²) in [7, 11) is 3.24. The van der Waals surface area contributed by atoms with E-state index in [2.05, 4.69) is 13.0 Å². The van der Waals surface area contributed by atoms with E-state index in [0.717, 1.165) is 49.7 Å². The van der Waals surface area contributed by atoms with E-state index in [1.165, 1.54) is 0 Å². The molecule has 39 heavy (non-hydrogen) atoms. The van der Waals surface area contributed by atoms with Crippen molar-refractivity contribution in [3.63, 3.8) is 0 Å². The number of ether oxygens (including phenoxy) is 4. The van der Waals surface area contributed by atoms with Gasteiger partial charge in [-0.3, -0.25) is 4.79 Å². The highest BCUT2D eigenvalue weighted by Crippen LogP contribution is 2.48. The van der Waals surface area contributed by atoms with E-state index in [9.17, 15) is 15.2 Å². The predicted octanol–water partition coefficient (Wildman–Crippen LogP) is 6.71. The topological polar surface area (TPSA) is 98.0 Å². The Bertz CT molecular complexity index is 1170. The first-order valence-corrected chi connectivity index (χ1v) is 14.2. The van der Waals surface area contributed by atoms with Crippen molar-refractivity contribution in [1.82, 2.24) is 0 Å². The second-order valence-corrected chi connectivity index (χ2v) is 10.9. The lowest BCUT2D eigenvalue weighted by atomic mass is 9.62. The molecule has 0 aliphatic heterocycles. The highest BCUT2D eigenvalue weighted by molar-refractivity contribution is 5.71. The normalized spacial score (nSPS) is 23.1. The van der Waals surface area contributed by atoms with Gasteiger partial charge in [-0.1, -0.05) is 25.5 Å². The number of nitrogens with zero attached hydrogens (tertiary/aromatic N) is 1. The van der Waals surface area contributed by atoms with Gasteiger partial charge in [0.2, 0.25) is 0 Å². The van der Waals surface area contributed by atoms with Gasteiger partial charge in [-0.25, -0.2) is 0 Å². The van der Waals surface area contributed by atoms with Crippen LogP contribution in [0.2, 0.25) is 0 Å². The monoisotopic (exact) mass is 535 g/mol. The first-order chi connectivity index (χ1) is 18.9. The fourth-order valence-electron chi connectivity index (χ4n) is 6.14. The fraction of sp³-hybridized carbons (Fsp3) is 0.562. The van der Waals surface area contributed by atoms with Crippen molar-refractivity contribution < 1.29 is 28.8 Å². The molecule has 2 fully saturated rings. The molecule has 0 bridgehead atoms. The van der Waals surface area contributed by atoms with Crippen molar-refractivity contribution in [2.75, 3.05) is 20.8 Å². The largest absolute Gasteiger partial charge is 0.493 e. The number of hydrogen-bond donors (Lipinski definition) is 1. The second kappa shape index (κ2) is 13.1. The Morgan fingerprint density at radius 1 is 1.03 bits per heavy atom. The van der Waals surface area contributed by atoms with E-state index >= 15 is 0 Å². The minimum Gasteiger partial charge on any atom is -0.493 e. The molecule has 2 aromatic carbocycles. The number of hydrogen-bond acceptors (Lipinski definition) is 6. The minimum atomic E-state index is -0.807. The molecule has 0 radical (unpaired) electrons. The van der Waals surface area contributed by atoms with Gasteiger partial charge in [-0.05, 0) is 99.1 Å². The standard InChI is InChI=1S/C32H41NO6/c1-4-5-16-38-28-12-10-22(18-29(28)37-3)17-23-20-32(21-33,15-14-26(23)31(34)35)24-11-13-27(36-2)30(19-24)39-25-8-6-7-9-25/h10-13,18-19,23,25-26H,4-9,14-17,20H2,1-3H3,(H,34,35). The average molecular weight is 536 g/mol. The van der Waals surface area contributed by atoms with Gasteiger partial charge in [-0.2, -0.15) is 5.26 Å². The van der Waals surface area contributed by atoms with Crippen LogP contribution in [0.4, 0.5) is 0 Å². The van der Waals surface area contributed by atoms with E-state index in [1.807, 2.05) is 36.4 Å². The van der Waals surface area contributed by atoms with Crippen molar-refractivity contribution >= 4 is 5.97 Å². The number of carboxylic acids is 1. The van der Waals surface area contributed by atoms with Gasteiger partial charge in [-0.15, -0.1) is 0 Å². The predicted molar refractivity (Wildman–Crippen MR) is 149 cm³/mol. The summed E-state index contributed by atoms with van der Waals surface area (Å²) in [5, 5.41) is 20.6. The van der Waals surface area contributed by atoms with Gasteiger partial charge in [0.1, 0.15) is 0 Å². The van der Waals surface area contributed by atoms with Crippen molar-refractivity contribution in [1.29, 1.82) is 5.26 Å². The van der Waals surface area contributed by atoms with Gasteiger partial charge in [0.05, 0.1) is 44.3 Å². The lowest BCUT2D eigenvalue weighted by Gasteiger charge is -2.40. The molecule has 7 nitrogen and oxygen atoms in total. The molecule has 0 heterocycles. The van der Waals surface area contributed by atoms with E-state index in [-0.39, 0.29) is 12.0 Å². The van der Waals surface area contributed by atoms with E-state index < -0.39 is 17.3 Å². The van der Waals surface area contributed by atoms with E-state index in [1.54, 1.807) is 14.2 Å². The van der Waals surface area contributed by atoms with Crippen LogP contribution in [-0.4, -0.2) is 38.0 Å². The van der Waals surface area contributed by atoms with Gasteiger partial charge >= 0.3 is 5.97 Å². The van der Waals surface area contributed by atoms with Crippen LogP contribution in [0.5, 0.6) is 23.0 Å². The first-order valence-electron chi connectivity index (χ1n) is 14.2. The second-order valence-electron chi connectivity index (χ2n) is 10.9. The summed E-state index contributed by atoms with van der Waals surface area (Å²) in [6.45, 7) is 2.73. The summed E-state index contributed by atoms with van der Waals surface area (Å²) >= 11 is 0. The third kappa shape index (κ3) is 6.61. The van der Waals surface area contributed by atoms with E-state index in [4.69, 9.17) is 18.9 Å². The Kier molecular flexibility index (Phi) is 9.61. The number of carboxylic acid groups (broad SMARTS) is 1. The SMILES string of the molecule is CCCCOc1ccc(CC2CC(C#N)(c3ccc(OC)c(OC4CCCC4)c3)CCC2C(=O)O)cc1OC. The van der Waals surface area contributed by atoms with Crippen molar-refractivity contribution in [2.24, 2.45) is 11.8 Å². The summed E-state index contributed by atoms with van der Waals surface area (Å²) in [6.07, 6.45) is 8.42. The lowest BCUT2D eigenvalue weighted by molar-refractivity contribution is -0.145. The summed E-state index contributed by atoms with van der Waals surface area (Å²) in [6, 6.07) is 14.2. The Labute approximate surface area is 232 Å². The summed E-state index contributed by atoms with van der Waals surface area (Å²) < 4.78 is 23.3. The maximum atomic E-state index is 12.3. The number of unbranched alkanes of at least 4 members (excludes halogenated alkanes) is 1. The number of methoxy groups -OCH3 is 2. The third-order valence-electron chi connectivity index (χ3n) is 8.39. The zero-order valence-corrected chi connectivity index (χ0v) is 23.4. The molecule has 3 atom stereocenters. The highest BCUT2D eigenvalue weighted by Gasteiger charge is 2.45. The molecular weight excluding hydrogens is 494 g/mol. The van der Waals surface area contributed by atoms with Gasteiger partial charge in [0.25, 0.3) is 0 Å². The van der Waals surface area contributed by atoms with Crippen LogP contribution in [0.3, 0.4) is 0 Å².